The van der Waals surface area contributed by atoms with Crippen molar-refractivity contribution in [2.24, 2.45) is 0 Å². The van der Waals surface area contributed by atoms with E-state index in [1.165, 1.54) is 0 Å². The molecule has 0 fully saturated rings. The zero-order valence-electron chi connectivity index (χ0n) is 11.2. The number of pyridine rings is 1. The fourth-order valence-corrected chi connectivity index (χ4v) is 1.90. The minimum absolute atomic E-state index is 0.0581. The Morgan fingerprint density at radius 1 is 1.26 bits per heavy atom. The van der Waals surface area contributed by atoms with Crippen LogP contribution in [0.4, 0.5) is 0 Å². The molecule has 0 amide bonds. The van der Waals surface area contributed by atoms with Crippen molar-refractivity contribution in [3.63, 3.8) is 0 Å². The van der Waals surface area contributed by atoms with Gasteiger partial charge in [0.25, 0.3) is 0 Å². The van der Waals surface area contributed by atoms with E-state index in [9.17, 15) is 0 Å². The highest BCUT2D eigenvalue weighted by atomic mass is 16.5. The molecule has 0 aliphatic carbocycles. The molecule has 0 spiro atoms. The molecule has 100 valence electrons. The fraction of sp³-hybridized carbons (Fsp3) is 0.357. The van der Waals surface area contributed by atoms with Gasteiger partial charge in [-0.05, 0) is 24.6 Å². The summed E-state index contributed by atoms with van der Waals surface area (Å²) in [5.41, 5.74) is 1.83. The van der Waals surface area contributed by atoms with E-state index in [1.807, 2.05) is 18.3 Å². The quantitative estimate of drug-likeness (QED) is 0.858. The lowest BCUT2D eigenvalue weighted by Gasteiger charge is -2.19. The van der Waals surface area contributed by atoms with Crippen molar-refractivity contribution in [3.05, 3.63) is 48.2 Å². The number of hydrogen-bond donors (Lipinski definition) is 1. The smallest absolute Gasteiger partial charge is 0.237 e. The lowest BCUT2D eigenvalue weighted by atomic mass is 10.1. The van der Waals surface area contributed by atoms with Gasteiger partial charge in [0.15, 0.2) is 0 Å². The van der Waals surface area contributed by atoms with Crippen molar-refractivity contribution < 1.29 is 4.74 Å². The summed E-state index contributed by atoms with van der Waals surface area (Å²) in [6.45, 7) is 3.01. The van der Waals surface area contributed by atoms with Gasteiger partial charge in [0.2, 0.25) is 5.88 Å². The van der Waals surface area contributed by atoms with E-state index < -0.39 is 0 Å². The van der Waals surface area contributed by atoms with Crippen LogP contribution in [0.25, 0.3) is 0 Å². The molecule has 19 heavy (non-hydrogen) atoms. The Kier molecular flexibility index (Phi) is 4.80. The molecular formula is C14H18N4O. The molecule has 5 heteroatoms. The van der Waals surface area contributed by atoms with E-state index in [0.717, 1.165) is 24.2 Å². The molecule has 0 saturated heterocycles. The monoisotopic (exact) mass is 258 g/mol. The largest absolute Gasteiger partial charge is 0.480 e. The van der Waals surface area contributed by atoms with Crippen molar-refractivity contribution >= 4 is 0 Å². The highest BCUT2D eigenvalue weighted by Crippen LogP contribution is 2.25. The van der Waals surface area contributed by atoms with Gasteiger partial charge in [-0.1, -0.05) is 13.0 Å². The van der Waals surface area contributed by atoms with Crippen LogP contribution in [0.1, 0.15) is 30.6 Å². The summed E-state index contributed by atoms with van der Waals surface area (Å²) in [6, 6.07) is 3.88. The van der Waals surface area contributed by atoms with E-state index in [-0.39, 0.29) is 6.04 Å². The van der Waals surface area contributed by atoms with Crippen LogP contribution in [-0.4, -0.2) is 28.6 Å². The Morgan fingerprint density at radius 2 is 2.11 bits per heavy atom. The summed E-state index contributed by atoms with van der Waals surface area (Å²) in [5, 5.41) is 3.45. The first-order valence-corrected chi connectivity index (χ1v) is 6.35. The van der Waals surface area contributed by atoms with E-state index in [4.69, 9.17) is 4.74 Å². The maximum atomic E-state index is 5.29. The number of ether oxygens (including phenoxy) is 1. The fourth-order valence-electron chi connectivity index (χ4n) is 1.90. The SMILES string of the molecule is CCCNC(c1cccnc1)c1nccnc1OC. The van der Waals surface area contributed by atoms with Gasteiger partial charge >= 0.3 is 0 Å². The van der Waals surface area contributed by atoms with Crippen LogP contribution in [0.5, 0.6) is 5.88 Å². The Hall–Kier alpha value is -2.01. The van der Waals surface area contributed by atoms with E-state index in [0.29, 0.717) is 5.88 Å². The standard InChI is InChI=1S/C14H18N4O/c1-3-6-16-12(11-5-4-7-15-10-11)13-14(19-2)18-9-8-17-13/h4-5,7-10,12,16H,3,6H2,1-2H3. The molecule has 2 aromatic heterocycles. The van der Waals surface area contributed by atoms with Gasteiger partial charge in [-0.25, -0.2) is 4.98 Å². The molecule has 1 unspecified atom stereocenters. The third-order valence-corrected chi connectivity index (χ3v) is 2.77. The number of methoxy groups -OCH3 is 1. The highest BCUT2D eigenvalue weighted by molar-refractivity contribution is 5.31. The predicted octanol–water partition coefficient (Wildman–Crippen LogP) is 1.97. The van der Waals surface area contributed by atoms with Gasteiger partial charge in [-0.2, -0.15) is 0 Å². The van der Waals surface area contributed by atoms with Crippen molar-refractivity contribution in [2.45, 2.75) is 19.4 Å². The topological polar surface area (TPSA) is 59.9 Å². The minimum atomic E-state index is -0.0581. The Balaban J connectivity index is 2.37. The Labute approximate surface area is 113 Å². The molecule has 2 heterocycles. The van der Waals surface area contributed by atoms with Crippen molar-refractivity contribution in [1.82, 2.24) is 20.3 Å². The summed E-state index contributed by atoms with van der Waals surface area (Å²) in [4.78, 5) is 12.8. The molecule has 0 aromatic carbocycles. The molecule has 1 atom stereocenters. The number of rotatable bonds is 6. The van der Waals surface area contributed by atoms with Gasteiger partial charge in [-0.15, -0.1) is 0 Å². The van der Waals surface area contributed by atoms with Crippen LogP contribution in [0, 0.1) is 0 Å². The van der Waals surface area contributed by atoms with Crippen LogP contribution in [-0.2, 0) is 0 Å². The Bertz CT molecular complexity index is 504. The van der Waals surface area contributed by atoms with Crippen molar-refractivity contribution in [1.29, 1.82) is 0 Å². The Morgan fingerprint density at radius 3 is 2.79 bits per heavy atom. The first-order valence-electron chi connectivity index (χ1n) is 6.35. The lowest BCUT2D eigenvalue weighted by molar-refractivity contribution is 0.382. The maximum absolute atomic E-state index is 5.29. The molecule has 0 aliphatic heterocycles. The summed E-state index contributed by atoms with van der Waals surface area (Å²) in [5.74, 6) is 0.542. The summed E-state index contributed by atoms with van der Waals surface area (Å²) in [6.07, 6.45) is 7.94. The van der Waals surface area contributed by atoms with Crippen LogP contribution in [0.15, 0.2) is 36.9 Å². The van der Waals surface area contributed by atoms with E-state index in [1.54, 1.807) is 25.7 Å². The molecule has 0 aliphatic rings. The summed E-state index contributed by atoms with van der Waals surface area (Å²) in [7, 11) is 1.60. The normalized spacial score (nSPS) is 12.1. The first kappa shape index (κ1) is 13.4. The summed E-state index contributed by atoms with van der Waals surface area (Å²) >= 11 is 0. The van der Waals surface area contributed by atoms with Gasteiger partial charge in [0.1, 0.15) is 5.69 Å². The van der Waals surface area contributed by atoms with Gasteiger partial charge in [-0.3, -0.25) is 9.97 Å². The molecule has 2 rings (SSSR count). The number of hydrogen-bond acceptors (Lipinski definition) is 5. The van der Waals surface area contributed by atoms with Gasteiger partial charge in [0.05, 0.1) is 13.2 Å². The van der Waals surface area contributed by atoms with Gasteiger partial charge in [0, 0.05) is 24.8 Å². The zero-order chi connectivity index (χ0) is 13.5. The second-order valence-electron chi connectivity index (χ2n) is 4.12. The molecular weight excluding hydrogens is 240 g/mol. The zero-order valence-corrected chi connectivity index (χ0v) is 11.2. The second-order valence-corrected chi connectivity index (χ2v) is 4.12. The van der Waals surface area contributed by atoms with Crippen LogP contribution in [0.2, 0.25) is 0 Å². The van der Waals surface area contributed by atoms with Crippen LogP contribution >= 0.6 is 0 Å². The molecule has 5 nitrogen and oxygen atoms in total. The lowest BCUT2D eigenvalue weighted by Crippen LogP contribution is -2.25. The summed E-state index contributed by atoms with van der Waals surface area (Å²) < 4.78 is 5.29. The molecule has 0 bridgehead atoms. The minimum Gasteiger partial charge on any atom is -0.480 e. The predicted molar refractivity (Wildman–Crippen MR) is 73.0 cm³/mol. The number of nitrogens with zero attached hydrogens (tertiary/aromatic N) is 3. The van der Waals surface area contributed by atoms with Crippen LogP contribution in [0.3, 0.4) is 0 Å². The average molecular weight is 258 g/mol. The molecule has 1 N–H and O–H groups in total. The second kappa shape index (κ2) is 6.80. The molecule has 2 aromatic rings. The molecule has 0 saturated carbocycles. The van der Waals surface area contributed by atoms with E-state index >= 15 is 0 Å². The van der Waals surface area contributed by atoms with Crippen LogP contribution < -0.4 is 10.1 Å². The van der Waals surface area contributed by atoms with Crippen molar-refractivity contribution in [3.8, 4) is 5.88 Å². The average Bonchev–Trinajstić information content (AvgIpc) is 2.49. The molecule has 0 radical (unpaired) electrons. The van der Waals surface area contributed by atoms with E-state index in [2.05, 4.69) is 27.2 Å². The first-order chi connectivity index (χ1) is 9.36. The third kappa shape index (κ3) is 3.26. The number of nitrogens with one attached hydrogen (secondary N) is 1. The van der Waals surface area contributed by atoms with Crippen molar-refractivity contribution in [2.75, 3.05) is 13.7 Å². The number of aromatic nitrogens is 3. The third-order valence-electron chi connectivity index (χ3n) is 2.77. The van der Waals surface area contributed by atoms with Gasteiger partial charge < -0.3 is 10.1 Å². The highest BCUT2D eigenvalue weighted by Gasteiger charge is 2.19. The maximum Gasteiger partial charge on any atom is 0.237 e.